The van der Waals surface area contributed by atoms with Crippen molar-refractivity contribution < 1.29 is 9.23 Å². The zero-order valence-electron chi connectivity index (χ0n) is 21.8. The summed E-state index contributed by atoms with van der Waals surface area (Å²) in [6.07, 6.45) is 11.3. The molecule has 2 aromatic carbocycles. The molecule has 0 aromatic heterocycles. The maximum absolute atomic E-state index is 13.4. The highest BCUT2D eigenvalue weighted by atomic mass is 19.1. The second-order valence-corrected chi connectivity index (χ2v) is 10.0. The smallest absolute Gasteiger partial charge is 0.123 e. The summed E-state index contributed by atoms with van der Waals surface area (Å²) in [6.45, 7) is 6.87. The van der Waals surface area contributed by atoms with Crippen LogP contribution < -0.4 is 10.8 Å². The Bertz CT molecular complexity index is 987. The summed E-state index contributed by atoms with van der Waals surface area (Å²) in [5.41, 5.74) is 9.68. The predicted molar refractivity (Wildman–Crippen MR) is 147 cm³/mol. The topological polar surface area (TPSA) is 36.5 Å². The molecule has 0 spiro atoms. The van der Waals surface area contributed by atoms with Crippen molar-refractivity contribution in [3.8, 4) is 0 Å². The van der Waals surface area contributed by atoms with Gasteiger partial charge in [-0.15, -0.1) is 0 Å². The molecular weight excluding hydrogens is 449 g/mol. The van der Waals surface area contributed by atoms with Gasteiger partial charge >= 0.3 is 0 Å². The number of allylic oxidation sites excluding steroid dienone is 2. The minimum absolute atomic E-state index is 0.197. The average molecular weight is 492 g/mol. The van der Waals surface area contributed by atoms with E-state index in [-0.39, 0.29) is 5.82 Å². The SMILES string of the molecule is CCCCCC1=C(NOCCN2CCNC[C@H]2Cc2ccccc2)C(=Cc2ccc(F)cc2)CCC1. The summed E-state index contributed by atoms with van der Waals surface area (Å²) in [4.78, 5) is 8.68. The van der Waals surface area contributed by atoms with Crippen molar-refractivity contribution in [3.63, 3.8) is 0 Å². The molecule has 36 heavy (non-hydrogen) atoms. The molecule has 194 valence electrons. The Hall–Kier alpha value is -2.47. The Morgan fingerprint density at radius 2 is 1.92 bits per heavy atom. The normalized spacial score (nSPS) is 20.2. The number of benzene rings is 2. The van der Waals surface area contributed by atoms with Gasteiger partial charge in [0.2, 0.25) is 0 Å². The number of nitrogens with zero attached hydrogens (tertiary/aromatic N) is 1. The number of piperazine rings is 1. The second kappa shape index (κ2) is 14.3. The molecule has 2 aromatic rings. The van der Waals surface area contributed by atoms with Crippen LogP contribution in [0.3, 0.4) is 0 Å². The van der Waals surface area contributed by atoms with Crippen LogP contribution in [0, 0.1) is 5.82 Å². The first kappa shape index (κ1) is 26.6. The van der Waals surface area contributed by atoms with Crippen molar-refractivity contribution in [1.82, 2.24) is 15.7 Å². The number of hydrogen-bond donors (Lipinski definition) is 2. The molecule has 0 amide bonds. The molecule has 1 atom stereocenters. The summed E-state index contributed by atoms with van der Waals surface area (Å²) in [7, 11) is 0. The zero-order valence-corrected chi connectivity index (χ0v) is 21.8. The van der Waals surface area contributed by atoms with E-state index in [0.717, 1.165) is 69.5 Å². The lowest BCUT2D eigenvalue weighted by Crippen LogP contribution is -2.53. The van der Waals surface area contributed by atoms with Gasteiger partial charge in [-0.3, -0.25) is 15.2 Å². The van der Waals surface area contributed by atoms with Gasteiger partial charge in [0.15, 0.2) is 0 Å². The number of nitrogens with one attached hydrogen (secondary N) is 2. The highest BCUT2D eigenvalue weighted by Gasteiger charge is 2.23. The molecule has 1 heterocycles. The molecule has 0 saturated carbocycles. The van der Waals surface area contributed by atoms with Gasteiger partial charge in [0, 0.05) is 32.2 Å². The first-order valence-electron chi connectivity index (χ1n) is 13.8. The van der Waals surface area contributed by atoms with E-state index in [1.165, 1.54) is 48.1 Å². The third kappa shape index (κ3) is 8.02. The molecule has 0 unspecified atom stereocenters. The summed E-state index contributed by atoms with van der Waals surface area (Å²) in [6, 6.07) is 18.0. The summed E-state index contributed by atoms with van der Waals surface area (Å²) >= 11 is 0. The lowest BCUT2D eigenvalue weighted by molar-refractivity contribution is 0.0309. The van der Waals surface area contributed by atoms with Crippen molar-refractivity contribution >= 4 is 6.08 Å². The Labute approximate surface area is 216 Å². The van der Waals surface area contributed by atoms with Crippen LogP contribution in [0.5, 0.6) is 0 Å². The van der Waals surface area contributed by atoms with Crippen molar-refractivity contribution in [2.75, 3.05) is 32.8 Å². The molecule has 4 nitrogen and oxygen atoms in total. The third-order valence-corrected chi connectivity index (χ3v) is 7.33. The van der Waals surface area contributed by atoms with E-state index < -0.39 is 0 Å². The Morgan fingerprint density at radius 1 is 1.08 bits per heavy atom. The highest BCUT2D eigenvalue weighted by molar-refractivity contribution is 5.59. The highest BCUT2D eigenvalue weighted by Crippen LogP contribution is 2.32. The van der Waals surface area contributed by atoms with E-state index in [1.807, 2.05) is 12.1 Å². The minimum Gasteiger partial charge on any atom is -0.314 e. The van der Waals surface area contributed by atoms with E-state index in [0.29, 0.717) is 12.6 Å². The van der Waals surface area contributed by atoms with Crippen LogP contribution in [0.4, 0.5) is 4.39 Å². The molecule has 0 bridgehead atoms. The van der Waals surface area contributed by atoms with E-state index in [9.17, 15) is 4.39 Å². The van der Waals surface area contributed by atoms with Crippen LogP contribution in [-0.4, -0.2) is 43.7 Å². The lowest BCUT2D eigenvalue weighted by Gasteiger charge is -2.36. The summed E-state index contributed by atoms with van der Waals surface area (Å²) in [5.74, 6) is -0.197. The fraction of sp³-hybridized carbons (Fsp3) is 0.484. The van der Waals surface area contributed by atoms with Gasteiger partial charge in [-0.1, -0.05) is 62.2 Å². The molecule has 4 rings (SSSR count). The molecule has 2 aliphatic rings. The molecular formula is C31H42FN3O. The Morgan fingerprint density at radius 3 is 2.72 bits per heavy atom. The quantitative estimate of drug-likeness (QED) is 0.271. The number of hydrogen-bond acceptors (Lipinski definition) is 4. The molecule has 1 aliphatic carbocycles. The van der Waals surface area contributed by atoms with Gasteiger partial charge in [0.25, 0.3) is 0 Å². The van der Waals surface area contributed by atoms with Crippen LogP contribution >= 0.6 is 0 Å². The maximum Gasteiger partial charge on any atom is 0.123 e. The molecule has 1 aliphatic heterocycles. The van der Waals surface area contributed by atoms with Gasteiger partial charge in [-0.05, 0) is 79.0 Å². The lowest BCUT2D eigenvalue weighted by atomic mass is 9.88. The Balaban J connectivity index is 1.38. The van der Waals surface area contributed by atoms with E-state index in [1.54, 1.807) is 0 Å². The van der Waals surface area contributed by atoms with Gasteiger partial charge in [0.05, 0.1) is 12.3 Å². The third-order valence-electron chi connectivity index (χ3n) is 7.33. The first-order chi connectivity index (χ1) is 17.7. The van der Waals surface area contributed by atoms with Crippen molar-refractivity contribution in [3.05, 3.63) is 88.4 Å². The number of unbranched alkanes of at least 4 members (excludes halogenated alkanes) is 2. The van der Waals surface area contributed by atoms with E-state index in [2.05, 4.69) is 59.0 Å². The molecule has 5 heteroatoms. The first-order valence-corrected chi connectivity index (χ1v) is 13.8. The monoisotopic (exact) mass is 491 g/mol. The van der Waals surface area contributed by atoms with Crippen LogP contribution in [0.1, 0.15) is 63.0 Å². The minimum atomic E-state index is -0.197. The molecule has 0 radical (unpaired) electrons. The fourth-order valence-corrected chi connectivity index (χ4v) is 5.32. The van der Waals surface area contributed by atoms with Crippen molar-refractivity contribution in [1.29, 1.82) is 0 Å². The number of halogens is 1. The predicted octanol–water partition coefficient (Wildman–Crippen LogP) is 6.27. The van der Waals surface area contributed by atoms with Crippen molar-refractivity contribution in [2.45, 2.75) is 64.3 Å². The van der Waals surface area contributed by atoms with Crippen LogP contribution in [0.25, 0.3) is 6.08 Å². The molecule has 1 saturated heterocycles. The van der Waals surface area contributed by atoms with E-state index in [4.69, 9.17) is 4.84 Å². The van der Waals surface area contributed by atoms with Gasteiger partial charge in [-0.2, -0.15) is 0 Å². The van der Waals surface area contributed by atoms with E-state index >= 15 is 0 Å². The van der Waals surface area contributed by atoms with Crippen LogP contribution in [0.2, 0.25) is 0 Å². The number of rotatable bonds is 12. The Kier molecular flexibility index (Phi) is 10.6. The van der Waals surface area contributed by atoms with Gasteiger partial charge in [-0.25, -0.2) is 4.39 Å². The zero-order chi connectivity index (χ0) is 25.0. The van der Waals surface area contributed by atoms with Gasteiger partial charge in [0.1, 0.15) is 5.82 Å². The largest absolute Gasteiger partial charge is 0.314 e. The summed E-state index contributed by atoms with van der Waals surface area (Å²) < 4.78 is 13.4. The molecule has 2 N–H and O–H groups in total. The van der Waals surface area contributed by atoms with Crippen LogP contribution in [0.15, 0.2) is 71.4 Å². The molecule has 1 fully saturated rings. The second-order valence-electron chi connectivity index (χ2n) is 10.0. The number of hydroxylamine groups is 1. The fourth-order valence-electron chi connectivity index (χ4n) is 5.32. The van der Waals surface area contributed by atoms with Gasteiger partial charge < -0.3 is 5.32 Å². The van der Waals surface area contributed by atoms with Crippen LogP contribution in [-0.2, 0) is 11.3 Å². The maximum atomic E-state index is 13.4. The average Bonchev–Trinajstić information content (AvgIpc) is 2.90. The van der Waals surface area contributed by atoms with Crippen molar-refractivity contribution in [2.24, 2.45) is 0 Å². The standard InChI is InChI=1S/C31H42FN3O/c1-2-3-5-11-27-12-8-13-28(22-26-14-16-29(32)17-15-26)31(27)34-36-21-20-35-19-18-33-24-30(35)23-25-9-6-4-7-10-25/h4,6-7,9-10,14-17,22,30,33-34H,2-3,5,8,11-13,18-21,23-24H2,1H3/t30-/m1/s1. The summed E-state index contributed by atoms with van der Waals surface area (Å²) in [5, 5.41) is 3.55.